The summed E-state index contributed by atoms with van der Waals surface area (Å²) in [5, 5.41) is 0.564. The van der Waals surface area contributed by atoms with E-state index in [-0.39, 0.29) is 5.91 Å². The third kappa shape index (κ3) is 3.34. The molecular weight excluding hydrogens is 302 g/mol. The Balaban J connectivity index is 1.60. The SMILES string of the molecule is Cn1ccnc1CN1CCCN(C(=O)c2cc(Cl)c[nH]2)CC1. The molecule has 3 rings (SSSR count). The lowest BCUT2D eigenvalue weighted by Crippen LogP contribution is -2.35. The average molecular weight is 322 g/mol. The number of aryl methyl sites for hydroxylation is 1. The summed E-state index contributed by atoms with van der Waals surface area (Å²) in [5.74, 6) is 1.07. The minimum atomic E-state index is 0.0192. The predicted molar refractivity (Wildman–Crippen MR) is 84.8 cm³/mol. The highest BCUT2D eigenvalue weighted by Crippen LogP contribution is 2.14. The van der Waals surface area contributed by atoms with Gasteiger partial charge in [0.15, 0.2) is 0 Å². The zero-order chi connectivity index (χ0) is 15.5. The van der Waals surface area contributed by atoms with Gasteiger partial charge in [0.25, 0.3) is 5.91 Å². The van der Waals surface area contributed by atoms with E-state index in [1.54, 1.807) is 12.3 Å². The van der Waals surface area contributed by atoms with E-state index in [1.165, 1.54) is 0 Å². The summed E-state index contributed by atoms with van der Waals surface area (Å²) in [4.78, 5) is 24.0. The third-order valence-electron chi connectivity index (χ3n) is 4.04. The highest BCUT2D eigenvalue weighted by Gasteiger charge is 2.21. The lowest BCUT2D eigenvalue weighted by Gasteiger charge is -2.21. The normalized spacial score (nSPS) is 16.7. The topological polar surface area (TPSA) is 57.2 Å². The molecule has 3 heterocycles. The van der Waals surface area contributed by atoms with E-state index >= 15 is 0 Å². The Hall–Kier alpha value is -1.79. The maximum Gasteiger partial charge on any atom is 0.270 e. The van der Waals surface area contributed by atoms with Crippen molar-refractivity contribution in [2.24, 2.45) is 7.05 Å². The number of carbonyl (C=O) groups excluding carboxylic acids is 1. The van der Waals surface area contributed by atoms with E-state index in [2.05, 4.69) is 14.9 Å². The van der Waals surface area contributed by atoms with Gasteiger partial charge in [-0.3, -0.25) is 9.69 Å². The Labute approximate surface area is 134 Å². The molecule has 1 saturated heterocycles. The molecule has 0 aromatic carbocycles. The minimum Gasteiger partial charge on any atom is -0.356 e. The number of carbonyl (C=O) groups is 1. The minimum absolute atomic E-state index is 0.0192. The molecule has 1 fully saturated rings. The van der Waals surface area contributed by atoms with Gasteiger partial charge in [-0.15, -0.1) is 0 Å². The molecule has 0 atom stereocenters. The second kappa shape index (κ2) is 6.54. The standard InChI is InChI=1S/C15H20ClN5O/c1-19-6-3-17-14(19)11-20-4-2-5-21(8-7-20)15(22)13-9-12(16)10-18-13/h3,6,9-10,18H,2,4-5,7-8,11H2,1H3. The van der Waals surface area contributed by atoms with Crippen LogP contribution in [0, 0.1) is 0 Å². The van der Waals surface area contributed by atoms with E-state index < -0.39 is 0 Å². The summed E-state index contributed by atoms with van der Waals surface area (Å²) in [5.41, 5.74) is 0.558. The zero-order valence-corrected chi connectivity index (χ0v) is 13.4. The van der Waals surface area contributed by atoms with Crippen molar-refractivity contribution in [1.29, 1.82) is 0 Å². The first-order valence-electron chi connectivity index (χ1n) is 7.45. The number of hydrogen-bond acceptors (Lipinski definition) is 3. The van der Waals surface area contributed by atoms with Gasteiger partial charge in [0.05, 0.1) is 11.6 Å². The Morgan fingerprint density at radius 1 is 1.36 bits per heavy atom. The highest BCUT2D eigenvalue weighted by molar-refractivity contribution is 6.30. The number of rotatable bonds is 3. The smallest absolute Gasteiger partial charge is 0.270 e. The second-order valence-corrected chi connectivity index (χ2v) is 6.04. The first-order valence-corrected chi connectivity index (χ1v) is 7.83. The van der Waals surface area contributed by atoms with Gasteiger partial charge in [-0.05, 0) is 12.5 Å². The van der Waals surface area contributed by atoms with E-state index in [1.807, 2.05) is 28.9 Å². The average Bonchev–Trinajstić information content (AvgIpc) is 3.02. The number of H-pyrrole nitrogens is 1. The van der Waals surface area contributed by atoms with Crippen LogP contribution in [-0.4, -0.2) is 56.4 Å². The van der Waals surface area contributed by atoms with Crippen LogP contribution in [0.1, 0.15) is 22.7 Å². The van der Waals surface area contributed by atoms with Crippen LogP contribution in [0.3, 0.4) is 0 Å². The van der Waals surface area contributed by atoms with Gasteiger partial charge in [-0.25, -0.2) is 4.98 Å². The second-order valence-electron chi connectivity index (χ2n) is 5.61. The summed E-state index contributed by atoms with van der Waals surface area (Å²) in [7, 11) is 2.00. The van der Waals surface area contributed by atoms with Crippen LogP contribution in [0.5, 0.6) is 0 Å². The molecule has 7 heteroatoms. The fourth-order valence-corrected chi connectivity index (χ4v) is 2.91. The van der Waals surface area contributed by atoms with Crippen LogP contribution in [0.15, 0.2) is 24.7 Å². The fourth-order valence-electron chi connectivity index (χ4n) is 2.74. The Kier molecular flexibility index (Phi) is 4.49. The number of amides is 1. The Bertz CT molecular complexity index is 650. The summed E-state index contributed by atoms with van der Waals surface area (Å²) in [6, 6.07) is 1.68. The van der Waals surface area contributed by atoms with Crippen molar-refractivity contribution in [3.8, 4) is 0 Å². The van der Waals surface area contributed by atoms with E-state index in [0.29, 0.717) is 10.7 Å². The van der Waals surface area contributed by atoms with Crippen LogP contribution in [0.2, 0.25) is 5.02 Å². The number of aromatic amines is 1. The van der Waals surface area contributed by atoms with E-state index in [4.69, 9.17) is 11.6 Å². The summed E-state index contributed by atoms with van der Waals surface area (Å²) in [6.07, 6.45) is 6.38. The van der Waals surface area contributed by atoms with Crippen molar-refractivity contribution in [3.63, 3.8) is 0 Å². The molecule has 1 N–H and O–H groups in total. The molecular formula is C15H20ClN5O. The van der Waals surface area contributed by atoms with Crippen molar-refractivity contribution in [3.05, 3.63) is 41.2 Å². The lowest BCUT2D eigenvalue weighted by molar-refractivity contribution is 0.0756. The van der Waals surface area contributed by atoms with Gasteiger partial charge in [0.2, 0.25) is 0 Å². The maximum absolute atomic E-state index is 12.4. The molecule has 2 aromatic rings. The molecule has 0 bridgehead atoms. The van der Waals surface area contributed by atoms with Gasteiger partial charge < -0.3 is 14.5 Å². The lowest BCUT2D eigenvalue weighted by atomic mass is 10.3. The monoisotopic (exact) mass is 321 g/mol. The molecule has 0 radical (unpaired) electrons. The number of nitrogens with zero attached hydrogens (tertiary/aromatic N) is 4. The quantitative estimate of drug-likeness (QED) is 0.937. The number of imidazole rings is 1. The molecule has 1 aliphatic heterocycles. The fraction of sp³-hybridized carbons (Fsp3) is 0.467. The van der Waals surface area contributed by atoms with E-state index in [0.717, 1.165) is 45.0 Å². The van der Waals surface area contributed by atoms with Gasteiger partial charge in [0, 0.05) is 51.8 Å². The Morgan fingerprint density at radius 2 is 2.23 bits per heavy atom. The van der Waals surface area contributed by atoms with Crippen LogP contribution in [0.4, 0.5) is 0 Å². The highest BCUT2D eigenvalue weighted by atomic mass is 35.5. The molecule has 118 valence electrons. The van der Waals surface area contributed by atoms with Crippen molar-refractivity contribution in [2.45, 2.75) is 13.0 Å². The molecule has 0 saturated carbocycles. The third-order valence-corrected chi connectivity index (χ3v) is 4.26. The zero-order valence-electron chi connectivity index (χ0n) is 12.6. The van der Waals surface area contributed by atoms with Crippen LogP contribution in [-0.2, 0) is 13.6 Å². The molecule has 0 unspecified atom stereocenters. The predicted octanol–water partition coefficient (Wildman–Crippen LogP) is 1.75. The number of halogens is 1. The number of nitrogens with one attached hydrogen (secondary N) is 1. The van der Waals surface area contributed by atoms with Gasteiger partial charge in [-0.1, -0.05) is 11.6 Å². The van der Waals surface area contributed by atoms with Crippen molar-refractivity contribution in [1.82, 2.24) is 24.3 Å². The summed E-state index contributed by atoms with van der Waals surface area (Å²) < 4.78 is 2.04. The van der Waals surface area contributed by atoms with Crippen LogP contribution < -0.4 is 0 Å². The van der Waals surface area contributed by atoms with Crippen molar-refractivity contribution in [2.75, 3.05) is 26.2 Å². The molecule has 2 aromatic heterocycles. The van der Waals surface area contributed by atoms with Gasteiger partial charge in [-0.2, -0.15) is 0 Å². The maximum atomic E-state index is 12.4. The van der Waals surface area contributed by atoms with Crippen molar-refractivity contribution < 1.29 is 4.79 Å². The number of aromatic nitrogens is 3. The largest absolute Gasteiger partial charge is 0.356 e. The molecule has 22 heavy (non-hydrogen) atoms. The molecule has 0 spiro atoms. The first-order chi connectivity index (χ1) is 10.6. The van der Waals surface area contributed by atoms with Crippen molar-refractivity contribution >= 4 is 17.5 Å². The Morgan fingerprint density at radius 3 is 2.91 bits per heavy atom. The van der Waals surface area contributed by atoms with Crippen LogP contribution >= 0.6 is 11.6 Å². The van der Waals surface area contributed by atoms with Crippen LogP contribution in [0.25, 0.3) is 0 Å². The summed E-state index contributed by atoms with van der Waals surface area (Å²) in [6.45, 7) is 4.14. The van der Waals surface area contributed by atoms with E-state index in [9.17, 15) is 4.79 Å². The first kappa shape index (κ1) is 15.1. The van der Waals surface area contributed by atoms with Gasteiger partial charge >= 0.3 is 0 Å². The molecule has 1 amide bonds. The molecule has 6 nitrogen and oxygen atoms in total. The van der Waals surface area contributed by atoms with Gasteiger partial charge in [0.1, 0.15) is 11.5 Å². The summed E-state index contributed by atoms with van der Waals surface area (Å²) >= 11 is 5.87. The molecule has 1 aliphatic rings. The molecule has 0 aliphatic carbocycles. The number of hydrogen-bond donors (Lipinski definition) is 1.